The lowest BCUT2D eigenvalue weighted by Crippen LogP contribution is -2.31. The van der Waals surface area contributed by atoms with Gasteiger partial charge in [0.15, 0.2) is 0 Å². The van der Waals surface area contributed by atoms with Crippen LogP contribution < -0.4 is 21.9 Å². The van der Waals surface area contributed by atoms with Crippen molar-refractivity contribution in [3.63, 3.8) is 0 Å². The number of hydrogen-bond donors (Lipinski definition) is 8. The summed E-state index contributed by atoms with van der Waals surface area (Å²) in [6, 6.07) is 115. The molecule has 584 valence electrons. The maximum absolute atomic E-state index is 10.3. The van der Waals surface area contributed by atoms with Crippen LogP contribution in [0, 0.1) is 49.4 Å². The molecular formula is C113H72B4O8. The Balaban J connectivity index is 0.766. The van der Waals surface area contributed by atoms with Crippen molar-refractivity contribution in [2.45, 2.75) is 5.41 Å². The van der Waals surface area contributed by atoms with Crippen LogP contribution >= 0.6 is 0 Å². The van der Waals surface area contributed by atoms with Crippen molar-refractivity contribution in [2.75, 3.05) is 0 Å². The molecule has 0 fully saturated rings. The molecule has 0 unspecified atom stereocenters. The second-order valence-electron chi connectivity index (χ2n) is 32.1. The Kier molecular flexibility index (Phi) is 20.0. The zero-order chi connectivity index (χ0) is 85.5. The molecule has 20 rings (SSSR count). The second kappa shape index (κ2) is 31.9. The van der Waals surface area contributed by atoms with Gasteiger partial charge in [0.1, 0.15) is 0 Å². The van der Waals surface area contributed by atoms with Crippen LogP contribution in [0.15, 0.2) is 340 Å². The summed E-state index contributed by atoms with van der Waals surface area (Å²) >= 11 is 0. The zero-order valence-electron chi connectivity index (χ0n) is 67.3. The van der Waals surface area contributed by atoms with E-state index < -0.39 is 33.9 Å². The van der Waals surface area contributed by atoms with Crippen molar-refractivity contribution >= 4 is 96.9 Å². The van der Waals surface area contributed by atoms with E-state index in [1.165, 1.54) is 0 Å². The third-order valence-corrected chi connectivity index (χ3v) is 25.0. The minimum atomic E-state index is -1.65. The van der Waals surface area contributed by atoms with Crippen molar-refractivity contribution in [1.82, 2.24) is 0 Å². The summed E-state index contributed by atoms with van der Waals surface area (Å²) in [6.45, 7) is 0. The maximum atomic E-state index is 10.3. The first-order valence-electron chi connectivity index (χ1n) is 41.2. The van der Waals surface area contributed by atoms with Gasteiger partial charge in [-0.25, -0.2) is 0 Å². The first kappa shape index (κ1) is 78.2. The summed E-state index contributed by atoms with van der Waals surface area (Å²) in [5.74, 6) is 11.4. The minimum absolute atomic E-state index is 0.379. The minimum Gasteiger partial charge on any atom is -0.423 e. The average molecular weight is 1600 g/mol. The highest BCUT2D eigenvalue weighted by molar-refractivity contribution is 6.60. The summed E-state index contributed by atoms with van der Waals surface area (Å²) in [5.41, 5.74) is 38.5. The van der Waals surface area contributed by atoms with E-state index >= 15 is 0 Å². The fourth-order valence-electron chi connectivity index (χ4n) is 18.9. The summed E-state index contributed by atoms with van der Waals surface area (Å²) in [7, 11) is -6.58. The van der Waals surface area contributed by atoms with Crippen LogP contribution in [0.25, 0.3) is 136 Å². The monoisotopic (exact) mass is 1600 g/mol. The summed E-state index contributed by atoms with van der Waals surface area (Å²) in [6.07, 6.45) is 32.7. The fraction of sp³-hybridized carbons (Fsp3) is 0.00885. The summed E-state index contributed by atoms with van der Waals surface area (Å²) in [4.78, 5) is 0. The van der Waals surface area contributed by atoms with Crippen molar-refractivity contribution in [3.8, 4) is 138 Å². The molecule has 16 aromatic carbocycles. The molecule has 0 amide bonds. The van der Waals surface area contributed by atoms with E-state index in [0.717, 1.165) is 223 Å². The van der Waals surface area contributed by atoms with Crippen LogP contribution in [-0.4, -0.2) is 68.7 Å². The van der Waals surface area contributed by atoms with E-state index in [4.69, 9.17) is 25.7 Å². The first-order chi connectivity index (χ1) is 61.0. The van der Waals surface area contributed by atoms with Gasteiger partial charge < -0.3 is 40.2 Å². The molecule has 0 atom stereocenters. The quantitative estimate of drug-likeness (QED) is 0.0269. The number of terminal acetylenes is 4. The van der Waals surface area contributed by atoms with Crippen LogP contribution in [0.4, 0.5) is 0 Å². The number of hydrogen-bond acceptors (Lipinski definition) is 8. The van der Waals surface area contributed by atoms with Gasteiger partial charge >= 0.3 is 28.5 Å². The Morgan fingerprint density at radius 1 is 0.192 bits per heavy atom. The molecule has 12 heteroatoms. The molecule has 4 aliphatic carbocycles. The van der Waals surface area contributed by atoms with Gasteiger partial charge in [-0.2, -0.15) is 0 Å². The van der Waals surface area contributed by atoms with Crippen molar-refractivity contribution in [1.29, 1.82) is 0 Å². The lowest BCUT2D eigenvalue weighted by atomic mass is 9.64. The molecule has 0 aromatic heterocycles. The van der Waals surface area contributed by atoms with E-state index in [2.05, 4.69) is 242 Å². The Bertz CT molecular complexity index is 6610. The molecule has 0 bridgehead atoms. The molecule has 0 saturated heterocycles. The lowest BCUT2D eigenvalue weighted by molar-refractivity contribution is 0.424. The maximum Gasteiger partial charge on any atom is 0.488 e. The van der Waals surface area contributed by atoms with Crippen LogP contribution in [0.1, 0.15) is 111 Å². The standard InChI is InChI=1S/C113H72B4O8/c1-5-69-21-45-93-97-49-33-81(65-109(97)105(101(93)57-69)61-73-13-9-17-89(53-73)114(118)119)77-25-37-85(38-26-77)113(86-39-27-78(28-40-86)82-34-50-98-94-46-22-70(6-2)58-102(94)106(110(98)66-82)62-74-14-10-18-90(54-74)115(120)121,87-41-29-79(30-42-87)83-35-51-99-95-47-23-71(7-3)59-103(95)107(111(99)67-83)63-75-15-11-19-91(55-75)116(122)123)88-43-31-80(32-44-88)84-36-52-100-96-48-24-72(8-4)60-104(96)108(112(100)68-84)64-76-16-12-20-92(56-76)117(124)125/h1-4,9-68,118-125H/b105-61+,106-62+,107-63+,108-64+. The predicted molar refractivity (Wildman–Crippen MR) is 513 cm³/mol. The largest absolute Gasteiger partial charge is 0.488 e. The van der Waals surface area contributed by atoms with Gasteiger partial charge in [-0.05, 0) is 319 Å². The van der Waals surface area contributed by atoms with E-state index in [1.54, 1.807) is 48.5 Å². The highest BCUT2D eigenvalue weighted by Crippen LogP contribution is 2.54. The van der Waals surface area contributed by atoms with E-state index in [9.17, 15) is 40.2 Å². The van der Waals surface area contributed by atoms with Gasteiger partial charge in [-0.15, -0.1) is 25.7 Å². The number of rotatable bonds is 16. The van der Waals surface area contributed by atoms with Crippen LogP contribution in [0.3, 0.4) is 0 Å². The molecule has 0 aliphatic heterocycles. The molecule has 16 aromatic rings. The predicted octanol–water partition coefficient (Wildman–Crippen LogP) is 17.7. The van der Waals surface area contributed by atoms with E-state index in [1.807, 2.05) is 97.1 Å². The van der Waals surface area contributed by atoms with Gasteiger partial charge in [0.25, 0.3) is 0 Å². The highest BCUT2D eigenvalue weighted by Gasteiger charge is 2.40. The van der Waals surface area contributed by atoms with Crippen molar-refractivity contribution in [2.24, 2.45) is 0 Å². The molecule has 0 spiro atoms. The smallest absolute Gasteiger partial charge is 0.423 e. The Morgan fingerprint density at radius 2 is 0.376 bits per heavy atom. The van der Waals surface area contributed by atoms with Gasteiger partial charge in [0, 0.05) is 22.3 Å². The Hall–Kier alpha value is -15.3. The molecule has 4 aliphatic rings. The zero-order valence-corrected chi connectivity index (χ0v) is 67.3. The Labute approximate surface area is 727 Å². The van der Waals surface area contributed by atoms with Crippen molar-refractivity contribution in [3.05, 3.63) is 451 Å². The molecule has 125 heavy (non-hydrogen) atoms. The number of fused-ring (bicyclic) bond motifs is 12. The van der Waals surface area contributed by atoms with E-state index in [0.29, 0.717) is 21.9 Å². The van der Waals surface area contributed by atoms with Gasteiger partial charge in [-0.3, -0.25) is 0 Å². The van der Waals surface area contributed by atoms with Crippen LogP contribution in [-0.2, 0) is 5.41 Å². The molecule has 0 heterocycles. The molecular weight excluding hydrogens is 1530 g/mol. The fourth-order valence-corrected chi connectivity index (χ4v) is 18.9. The highest BCUT2D eigenvalue weighted by atomic mass is 16.4. The van der Waals surface area contributed by atoms with Gasteiger partial charge in [0.2, 0.25) is 0 Å². The Morgan fingerprint density at radius 3 is 0.568 bits per heavy atom. The topological polar surface area (TPSA) is 162 Å². The lowest BCUT2D eigenvalue weighted by Gasteiger charge is -2.37. The molecule has 8 nitrogen and oxygen atoms in total. The number of benzene rings is 16. The second-order valence-corrected chi connectivity index (χ2v) is 32.1. The van der Waals surface area contributed by atoms with E-state index in [-0.39, 0.29) is 0 Å². The van der Waals surface area contributed by atoms with Crippen LogP contribution in [0.5, 0.6) is 0 Å². The van der Waals surface area contributed by atoms with Crippen molar-refractivity contribution < 1.29 is 40.2 Å². The van der Waals surface area contributed by atoms with Gasteiger partial charge in [0.05, 0.1) is 5.41 Å². The molecule has 8 N–H and O–H groups in total. The first-order valence-corrected chi connectivity index (χ1v) is 41.2. The third-order valence-electron chi connectivity index (χ3n) is 25.0. The molecule has 0 radical (unpaired) electrons. The summed E-state index contributed by atoms with van der Waals surface area (Å²) in [5, 5.41) is 82.5. The SMILES string of the molecule is C#Cc1ccc2c(c1)/C(=C\c1cccc(B(O)O)c1)c1cc(-c3ccc(C(c4ccc(-c5ccc6c(c5)/C(=C/c5cccc(B(O)O)c5)c5cc(C#C)ccc5-6)cc4)(c4ccc(-c5ccc6c(c5)/C(=C/c5cccc(B(O)O)c5)c5cc(C#C)ccc5-6)cc4)c4ccc(-c5ccc6c(c5)/C(=C/c5cccc(B(O)O)c5)c5cc(C#C)ccc5-6)cc4)cc3)ccc1-2. The van der Waals surface area contributed by atoms with Gasteiger partial charge in [-0.1, -0.05) is 291 Å². The third kappa shape index (κ3) is 14.0. The summed E-state index contributed by atoms with van der Waals surface area (Å²) < 4.78 is 0. The normalized spacial score (nSPS) is 13.5. The van der Waals surface area contributed by atoms with Crippen LogP contribution in [0.2, 0.25) is 0 Å². The molecule has 0 saturated carbocycles. The average Bonchev–Trinajstić information content (AvgIpc) is 1.71.